The first-order chi connectivity index (χ1) is 13.3. The molecule has 0 unspecified atom stereocenters. The molecule has 0 N–H and O–H groups in total. The monoisotopic (exact) mass is 425 g/mol. The van der Waals surface area contributed by atoms with E-state index in [-0.39, 0.29) is 16.5 Å². The van der Waals surface area contributed by atoms with Crippen molar-refractivity contribution >= 4 is 35.1 Å². The van der Waals surface area contributed by atoms with E-state index in [2.05, 4.69) is 0 Å². The molecule has 8 heteroatoms. The van der Waals surface area contributed by atoms with Crippen molar-refractivity contribution in [2.24, 2.45) is 0 Å². The summed E-state index contributed by atoms with van der Waals surface area (Å²) in [7, 11) is 4.73. The molecule has 0 radical (unpaired) electrons. The number of benzene rings is 2. The van der Waals surface area contributed by atoms with E-state index in [1.165, 1.54) is 17.0 Å². The second kappa shape index (κ2) is 9.66. The van der Waals surface area contributed by atoms with Crippen LogP contribution < -0.4 is 9.47 Å². The highest BCUT2D eigenvalue weighted by atomic mass is 35.5. The molecule has 0 aliphatic heterocycles. The molecule has 0 aromatic heterocycles. The average molecular weight is 426 g/mol. The summed E-state index contributed by atoms with van der Waals surface area (Å²) < 4.78 is 15.6. The van der Waals surface area contributed by atoms with Gasteiger partial charge in [0.05, 0.1) is 24.8 Å². The number of nitrogens with zero attached hydrogens (tertiary/aromatic N) is 1. The Morgan fingerprint density at radius 3 is 2.32 bits per heavy atom. The van der Waals surface area contributed by atoms with Crippen molar-refractivity contribution in [1.82, 2.24) is 4.90 Å². The van der Waals surface area contributed by atoms with Crippen molar-refractivity contribution in [3.63, 3.8) is 0 Å². The highest BCUT2D eigenvalue weighted by Gasteiger charge is 2.18. The van der Waals surface area contributed by atoms with Crippen molar-refractivity contribution in [3.8, 4) is 11.5 Å². The molecule has 0 heterocycles. The Balaban J connectivity index is 2.01. The molecule has 6 nitrogen and oxygen atoms in total. The third-order valence-corrected chi connectivity index (χ3v) is 4.72. The molecule has 150 valence electrons. The van der Waals surface area contributed by atoms with Crippen molar-refractivity contribution in [2.75, 3.05) is 27.9 Å². The zero-order valence-corrected chi connectivity index (χ0v) is 17.6. The third kappa shape index (κ3) is 5.30. The van der Waals surface area contributed by atoms with Crippen molar-refractivity contribution in [2.45, 2.75) is 13.5 Å². The summed E-state index contributed by atoms with van der Waals surface area (Å²) in [6.45, 7) is 1.82. The summed E-state index contributed by atoms with van der Waals surface area (Å²) in [4.78, 5) is 26.0. The van der Waals surface area contributed by atoms with E-state index in [4.69, 9.17) is 37.4 Å². The first-order valence-electron chi connectivity index (χ1n) is 8.34. The number of methoxy groups -OCH3 is 2. The zero-order chi connectivity index (χ0) is 20.8. The first kappa shape index (κ1) is 21.9. The van der Waals surface area contributed by atoms with E-state index in [0.717, 1.165) is 11.1 Å². The van der Waals surface area contributed by atoms with Crippen LogP contribution in [0.25, 0.3) is 0 Å². The predicted octanol–water partition coefficient (Wildman–Crippen LogP) is 4.13. The van der Waals surface area contributed by atoms with Crippen LogP contribution in [0.5, 0.6) is 11.5 Å². The molecule has 1 amide bonds. The summed E-state index contributed by atoms with van der Waals surface area (Å²) >= 11 is 11.8. The van der Waals surface area contributed by atoms with Gasteiger partial charge in [-0.15, -0.1) is 0 Å². The van der Waals surface area contributed by atoms with Gasteiger partial charge in [0.25, 0.3) is 5.91 Å². The van der Waals surface area contributed by atoms with Crippen LogP contribution in [-0.4, -0.2) is 44.7 Å². The normalized spacial score (nSPS) is 10.4. The van der Waals surface area contributed by atoms with E-state index < -0.39 is 12.6 Å². The van der Waals surface area contributed by atoms with Crippen LogP contribution in [0.3, 0.4) is 0 Å². The maximum Gasteiger partial charge on any atom is 0.340 e. The minimum atomic E-state index is -0.712. The molecule has 0 saturated heterocycles. The molecule has 28 heavy (non-hydrogen) atoms. The number of esters is 1. The fourth-order valence-electron chi connectivity index (χ4n) is 2.51. The minimum Gasteiger partial charge on any atom is -0.493 e. The summed E-state index contributed by atoms with van der Waals surface area (Å²) in [6.07, 6.45) is 0. The van der Waals surface area contributed by atoms with E-state index in [9.17, 15) is 9.59 Å². The van der Waals surface area contributed by atoms with Gasteiger partial charge in [0, 0.05) is 18.6 Å². The molecule has 2 rings (SSSR count). The topological polar surface area (TPSA) is 65.1 Å². The van der Waals surface area contributed by atoms with Crippen LogP contribution in [0.15, 0.2) is 30.3 Å². The summed E-state index contributed by atoms with van der Waals surface area (Å²) in [5, 5.41) is 0.555. The number of amides is 1. The Morgan fingerprint density at radius 2 is 1.68 bits per heavy atom. The number of halogens is 2. The van der Waals surface area contributed by atoms with Gasteiger partial charge in [-0.1, -0.05) is 23.2 Å². The SMILES string of the molecule is COc1cc(C)c(CN(C)C(=O)COC(=O)c2cc(Cl)ccc2Cl)cc1OC. The van der Waals surface area contributed by atoms with Crippen molar-refractivity contribution < 1.29 is 23.8 Å². The minimum absolute atomic E-state index is 0.111. The van der Waals surface area contributed by atoms with Gasteiger partial charge in [-0.3, -0.25) is 4.79 Å². The maximum atomic E-state index is 12.4. The Hall–Kier alpha value is -2.44. The third-order valence-electron chi connectivity index (χ3n) is 4.15. The zero-order valence-electron chi connectivity index (χ0n) is 16.0. The van der Waals surface area contributed by atoms with Gasteiger partial charge in [-0.05, 0) is 48.4 Å². The Bertz CT molecular complexity index is 885. The van der Waals surface area contributed by atoms with E-state index >= 15 is 0 Å². The standard InChI is InChI=1S/C20H21Cl2NO5/c1-12-7-17(26-3)18(27-4)8-13(12)10-23(2)19(24)11-28-20(25)15-9-14(21)5-6-16(15)22/h5-9H,10-11H2,1-4H3. The lowest BCUT2D eigenvalue weighted by molar-refractivity contribution is -0.133. The summed E-state index contributed by atoms with van der Waals surface area (Å²) in [6, 6.07) is 8.11. The van der Waals surface area contributed by atoms with Crippen LogP contribution in [0.4, 0.5) is 0 Å². The van der Waals surface area contributed by atoms with Gasteiger partial charge in [0.15, 0.2) is 18.1 Å². The Labute approximate surface area is 173 Å². The molecule has 0 bridgehead atoms. The number of aryl methyl sites for hydroxylation is 1. The lowest BCUT2D eigenvalue weighted by Crippen LogP contribution is -2.31. The molecule has 2 aromatic rings. The van der Waals surface area contributed by atoms with Crippen LogP contribution in [-0.2, 0) is 16.1 Å². The van der Waals surface area contributed by atoms with Gasteiger partial charge < -0.3 is 19.1 Å². The van der Waals surface area contributed by atoms with Crippen molar-refractivity contribution in [1.29, 1.82) is 0 Å². The predicted molar refractivity (Wildman–Crippen MR) is 108 cm³/mol. The lowest BCUT2D eigenvalue weighted by Gasteiger charge is -2.20. The van der Waals surface area contributed by atoms with E-state index in [1.807, 2.05) is 19.1 Å². The maximum absolute atomic E-state index is 12.4. The number of likely N-dealkylation sites (N-methyl/N-ethyl adjacent to an activating group) is 1. The van der Waals surface area contributed by atoms with Crippen LogP contribution in [0.1, 0.15) is 21.5 Å². The molecule has 0 saturated carbocycles. The molecule has 0 aliphatic rings. The van der Waals surface area contributed by atoms with Gasteiger partial charge in [-0.25, -0.2) is 4.79 Å². The van der Waals surface area contributed by atoms with Crippen molar-refractivity contribution in [3.05, 3.63) is 57.1 Å². The second-order valence-corrected chi connectivity index (χ2v) is 6.93. The smallest absolute Gasteiger partial charge is 0.340 e. The van der Waals surface area contributed by atoms with Gasteiger partial charge in [0.2, 0.25) is 0 Å². The van der Waals surface area contributed by atoms with Crippen LogP contribution >= 0.6 is 23.2 Å². The number of carbonyl (C=O) groups excluding carboxylic acids is 2. The summed E-state index contributed by atoms with van der Waals surface area (Å²) in [5.74, 6) is 0.119. The molecule has 0 atom stereocenters. The fourth-order valence-corrected chi connectivity index (χ4v) is 2.87. The average Bonchev–Trinajstić information content (AvgIpc) is 2.68. The number of rotatable bonds is 7. The van der Waals surface area contributed by atoms with E-state index in [1.54, 1.807) is 27.3 Å². The summed E-state index contributed by atoms with van der Waals surface area (Å²) in [5.41, 5.74) is 1.94. The van der Waals surface area contributed by atoms with Gasteiger partial charge in [-0.2, -0.15) is 0 Å². The molecule has 0 aliphatic carbocycles. The Kier molecular flexibility index (Phi) is 7.54. The number of hydrogen-bond donors (Lipinski definition) is 0. The highest BCUT2D eigenvalue weighted by molar-refractivity contribution is 6.35. The number of ether oxygens (including phenoxy) is 3. The number of hydrogen-bond acceptors (Lipinski definition) is 5. The van der Waals surface area contributed by atoms with E-state index in [0.29, 0.717) is 23.1 Å². The molecule has 0 fully saturated rings. The highest BCUT2D eigenvalue weighted by Crippen LogP contribution is 2.30. The molecule has 2 aromatic carbocycles. The van der Waals surface area contributed by atoms with Gasteiger partial charge >= 0.3 is 5.97 Å². The number of carbonyl (C=O) groups is 2. The van der Waals surface area contributed by atoms with Gasteiger partial charge in [0.1, 0.15) is 0 Å². The first-order valence-corrected chi connectivity index (χ1v) is 9.10. The fraction of sp³-hybridized carbons (Fsp3) is 0.300. The molecular weight excluding hydrogens is 405 g/mol. The van der Waals surface area contributed by atoms with Crippen LogP contribution in [0, 0.1) is 6.92 Å². The molecule has 0 spiro atoms. The quantitative estimate of drug-likeness (QED) is 0.623. The Morgan fingerprint density at radius 1 is 1.04 bits per heavy atom. The van der Waals surface area contributed by atoms with Crippen LogP contribution in [0.2, 0.25) is 10.0 Å². The largest absolute Gasteiger partial charge is 0.493 e. The molecular formula is C20H21Cl2NO5. The lowest BCUT2D eigenvalue weighted by atomic mass is 10.1. The second-order valence-electron chi connectivity index (χ2n) is 6.08.